The molecule has 5 heteroatoms. The number of aliphatic hydroxyl groups is 1. The molecule has 4 atom stereocenters. The van der Waals surface area contributed by atoms with Crippen LogP contribution in [0.1, 0.15) is 20.3 Å². The number of benzene rings is 1. The van der Waals surface area contributed by atoms with E-state index in [-0.39, 0.29) is 17.5 Å². The van der Waals surface area contributed by atoms with Crippen molar-refractivity contribution in [3.8, 4) is 0 Å². The highest BCUT2D eigenvalue weighted by molar-refractivity contribution is 8.00. The monoisotopic (exact) mass is 300 g/mol. The Morgan fingerprint density at radius 3 is 2.53 bits per heavy atom. The number of thioether (sulfide) groups is 1. The summed E-state index contributed by atoms with van der Waals surface area (Å²) >= 11 is 7.60. The van der Waals surface area contributed by atoms with Crippen LogP contribution in [0.15, 0.2) is 29.2 Å². The van der Waals surface area contributed by atoms with E-state index in [1.165, 1.54) is 0 Å². The number of ether oxygens (including phenoxy) is 2. The third-order valence-electron chi connectivity index (χ3n) is 3.48. The molecule has 0 amide bonds. The first-order valence-corrected chi connectivity index (χ1v) is 7.66. The van der Waals surface area contributed by atoms with Gasteiger partial charge in [0.2, 0.25) is 0 Å². The molecule has 1 aliphatic carbocycles. The molecule has 1 saturated heterocycles. The molecule has 19 heavy (non-hydrogen) atoms. The molecular weight excluding hydrogens is 284 g/mol. The summed E-state index contributed by atoms with van der Waals surface area (Å²) in [6.07, 6.45) is -0.0133. The highest BCUT2D eigenvalue weighted by atomic mass is 35.5. The quantitative estimate of drug-likeness (QED) is 0.911. The van der Waals surface area contributed by atoms with E-state index in [1.54, 1.807) is 11.8 Å². The maximum absolute atomic E-state index is 10.1. The summed E-state index contributed by atoms with van der Waals surface area (Å²) in [4.78, 5) is 1.13. The van der Waals surface area contributed by atoms with E-state index >= 15 is 0 Å². The second-order valence-corrected chi connectivity index (χ2v) is 7.23. The Bertz CT molecular complexity index is 462. The third kappa shape index (κ3) is 2.78. The average molecular weight is 301 g/mol. The molecule has 1 N–H and O–H groups in total. The van der Waals surface area contributed by atoms with Crippen molar-refractivity contribution in [2.24, 2.45) is 0 Å². The van der Waals surface area contributed by atoms with Crippen molar-refractivity contribution in [1.29, 1.82) is 0 Å². The topological polar surface area (TPSA) is 38.7 Å². The first kappa shape index (κ1) is 13.7. The molecule has 1 aromatic rings. The van der Waals surface area contributed by atoms with Crippen LogP contribution in [0.2, 0.25) is 5.02 Å². The van der Waals surface area contributed by atoms with E-state index in [1.807, 2.05) is 38.1 Å². The van der Waals surface area contributed by atoms with Crippen LogP contribution in [0.25, 0.3) is 0 Å². The van der Waals surface area contributed by atoms with Crippen molar-refractivity contribution in [2.45, 2.75) is 54.5 Å². The SMILES string of the molecule is CC1(C)O[C@@H]2[C@H](O1)[C@@H](O)C[C@H]2Sc1ccc(Cl)cc1. The molecule has 0 unspecified atom stereocenters. The van der Waals surface area contributed by atoms with E-state index in [0.717, 1.165) is 9.92 Å². The summed E-state index contributed by atoms with van der Waals surface area (Å²) in [6.45, 7) is 3.78. The first-order valence-electron chi connectivity index (χ1n) is 6.40. The average Bonchev–Trinajstić information content (AvgIpc) is 2.79. The van der Waals surface area contributed by atoms with Crippen molar-refractivity contribution in [1.82, 2.24) is 0 Å². The van der Waals surface area contributed by atoms with Crippen LogP contribution in [0.3, 0.4) is 0 Å². The van der Waals surface area contributed by atoms with Crippen molar-refractivity contribution >= 4 is 23.4 Å². The lowest BCUT2D eigenvalue weighted by Gasteiger charge is -2.22. The Morgan fingerprint density at radius 2 is 1.84 bits per heavy atom. The second kappa shape index (κ2) is 4.93. The van der Waals surface area contributed by atoms with Gasteiger partial charge in [0, 0.05) is 15.2 Å². The maximum atomic E-state index is 10.1. The number of rotatable bonds is 2. The van der Waals surface area contributed by atoms with Crippen LogP contribution in [0, 0.1) is 0 Å². The highest BCUT2D eigenvalue weighted by Crippen LogP contribution is 2.45. The molecule has 2 fully saturated rings. The molecular formula is C14H17ClO3S. The molecule has 3 rings (SSSR count). The fourth-order valence-corrected chi connectivity index (χ4v) is 4.12. The minimum absolute atomic E-state index is 0.0503. The van der Waals surface area contributed by atoms with Gasteiger partial charge in [0.25, 0.3) is 0 Å². The lowest BCUT2D eigenvalue weighted by Crippen LogP contribution is -2.28. The van der Waals surface area contributed by atoms with E-state index in [4.69, 9.17) is 21.1 Å². The van der Waals surface area contributed by atoms with Crippen molar-refractivity contribution < 1.29 is 14.6 Å². The van der Waals surface area contributed by atoms with Gasteiger partial charge in [-0.05, 0) is 44.5 Å². The van der Waals surface area contributed by atoms with Gasteiger partial charge in [-0.25, -0.2) is 0 Å². The van der Waals surface area contributed by atoms with Crippen LogP contribution in [0.4, 0.5) is 0 Å². The molecule has 1 saturated carbocycles. The molecule has 1 aromatic carbocycles. The Kier molecular flexibility index (Phi) is 3.56. The fourth-order valence-electron chi connectivity index (χ4n) is 2.71. The Morgan fingerprint density at radius 1 is 1.21 bits per heavy atom. The molecule has 0 aromatic heterocycles. The minimum atomic E-state index is -0.602. The lowest BCUT2D eigenvalue weighted by molar-refractivity contribution is -0.161. The van der Waals surface area contributed by atoms with Gasteiger partial charge in [-0.2, -0.15) is 0 Å². The summed E-state index contributed by atoms with van der Waals surface area (Å²) in [5.41, 5.74) is 0. The Balaban J connectivity index is 1.73. The lowest BCUT2D eigenvalue weighted by atomic mass is 10.2. The van der Waals surface area contributed by atoms with Crippen LogP contribution in [-0.4, -0.2) is 34.5 Å². The molecule has 0 bridgehead atoms. The Hall–Kier alpha value is -0.260. The van der Waals surface area contributed by atoms with E-state index in [2.05, 4.69) is 0 Å². The zero-order valence-electron chi connectivity index (χ0n) is 10.9. The van der Waals surface area contributed by atoms with Crippen molar-refractivity contribution in [2.75, 3.05) is 0 Å². The summed E-state index contributed by atoms with van der Waals surface area (Å²) < 4.78 is 11.7. The van der Waals surface area contributed by atoms with Crippen LogP contribution in [-0.2, 0) is 9.47 Å². The number of halogens is 1. The zero-order chi connectivity index (χ0) is 13.6. The van der Waals surface area contributed by atoms with Gasteiger partial charge in [-0.15, -0.1) is 11.8 Å². The highest BCUT2D eigenvalue weighted by Gasteiger charge is 2.53. The number of aliphatic hydroxyl groups excluding tert-OH is 1. The van der Waals surface area contributed by atoms with Gasteiger partial charge in [0.15, 0.2) is 5.79 Å². The summed E-state index contributed by atoms with van der Waals surface area (Å²) in [5, 5.41) is 11.0. The summed E-state index contributed by atoms with van der Waals surface area (Å²) in [6, 6.07) is 7.74. The molecule has 0 radical (unpaired) electrons. The van der Waals surface area contributed by atoms with E-state index < -0.39 is 11.9 Å². The summed E-state index contributed by atoms with van der Waals surface area (Å²) in [7, 11) is 0. The van der Waals surface area contributed by atoms with Gasteiger partial charge in [0.1, 0.15) is 12.2 Å². The van der Waals surface area contributed by atoms with Gasteiger partial charge in [-0.3, -0.25) is 0 Å². The molecule has 104 valence electrons. The molecule has 2 aliphatic rings. The Labute approximate surface area is 122 Å². The normalized spacial score (nSPS) is 36.4. The van der Waals surface area contributed by atoms with Crippen molar-refractivity contribution in [3.05, 3.63) is 29.3 Å². The smallest absolute Gasteiger partial charge is 0.163 e. The van der Waals surface area contributed by atoms with Gasteiger partial charge >= 0.3 is 0 Å². The van der Waals surface area contributed by atoms with Crippen LogP contribution in [0.5, 0.6) is 0 Å². The van der Waals surface area contributed by atoms with Gasteiger partial charge < -0.3 is 14.6 Å². The largest absolute Gasteiger partial charge is 0.390 e. The predicted molar refractivity (Wildman–Crippen MR) is 75.5 cm³/mol. The minimum Gasteiger partial charge on any atom is -0.390 e. The maximum Gasteiger partial charge on any atom is 0.163 e. The van der Waals surface area contributed by atoms with E-state index in [0.29, 0.717) is 6.42 Å². The first-order chi connectivity index (χ1) is 8.94. The second-order valence-electron chi connectivity index (χ2n) is 5.48. The zero-order valence-corrected chi connectivity index (χ0v) is 12.4. The van der Waals surface area contributed by atoms with Gasteiger partial charge in [0.05, 0.1) is 6.10 Å². The third-order valence-corrected chi connectivity index (χ3v) is 5.04. The number of hydrogen-bond acceptors (Lipinski definition) is 4. The number of fused-ring (bicyclic) bond motifs is 1. The molecule has 1 aliphatic heterocycles. The standard InChI is InChI=1S/C14H17ClO3S/c1-14(2)17-12-10(16)7-11(13(12)18-14)19-9-5-3-8(15)4-6-9/h3-6,10-13,16H,7H2,1-2H3/t10-,11+,12+,13-/m0/s1. The molecule has 3 nitrogen and oxygen atoms in total. The fraction of sp³-hybridized carbons (Fsp3) is 0.571. The van der Waals surface area contributed by atoms with E-state index in [9.17, 15) is 5.11 Å². The van der Waals surface area contributed by atoms with Crippen molar-refractivity contribution in [3.63, 3.8) is 0 Å². The number of hydrogen-bond donors (Lipinski definition) is 1. The molecule has 1 heterocycles. The van der Waals surface area contributed by atoms with Crippen LogP contribution >= 0.6 is 23.4 Å². The predicted octanol–water partition coefficient (Wildman–Crippen LogP) is 3.09. The van der Waals surface area contributed by atoms with Crippen LogP contribution < -0.4 is 0 Å². The molecule has 0 spiro atoms. The van der Waals surface area contributed by atoms with Gasteiger partial charge in [-0.1, -0.05) is 11.6 Å². The summed E-state index contributed by atoms with van der Waals surface area (Å²) in [5.74, 6) is -0.602.